The number of hydrogen-bond acceptors (Lipinski definition) is 5. The van der Waals surface area contributed by atoms with Gasteiger partial charge in [0.25, 0.3) is 0 Å². The second-order valence-corrected chi connectivity index (χ2v) is 1.94. The van der Waals surface area contributed by atoms with Gasteiger partial charge in [-0.25, -0.2) is 15.2 Å². The second kappa shape index (κ2) is 4.10. The molecule has 0 fully saturated rings. The Morgan fingerprint density at radius 2 is 2.31 bits per heavy atom. The molecular formula is C6H7N3O4. The molecule has 0 radical (unpaired) electrons. The zero-order valence-electron chi connectivity index (χ0n) is 6.73. The number of nitrogens with one attached hydrogen (secondary N) is 2. The van der Waals surface area contributed by atoms with Crippen molar-refractivity contribution >= 4 is 12.0 Å². The number of amides is 2. The lowest BCUT2D eigenvalue weighted by Gasteiger charge is -2.02. The number of rotatable bonds is 1. The molecule has 0 unspecified atom stereocenters. The van der Waals surface area contributed by atoms with E-state index in [0.29, 0.717) is 0 Å². The third-order valence-electron chi connectivity index (χ3n) is 1.12. The van der Waals surface area contributed by atoms with Crippen molar-refractivity contribution in [2.24, 2.45) is 0 Å². The fourth-order valence-electron chi connectivity index (χ4n) is 0.548. The van der Waals surface area contributed by atoms with E-state index in [1.54, 1.807) is 0 Å². The minimum Gasteiger partial charge on any atom is -0.452 e. The number of hydrogen-bond donors (Lipinski definition) is 2. The van der Waals surface area contributed by atoms with Crippen LogP contribution in [0.5, 0.6) is 0 Å². The molecule has 0 saturated carbocycles. The highest BCUT2D eigenvalue weighted by molar-refractivity contribution is 5.91. The van der Waals surface area contributed by atoms with Crippen molar-refractivity contribution in [2.45, 2.75) is 0 Å². The van der Waals surface area contributed by atoms with Gasteiger partial charge in [0.15, 0.2) is 6.39 Å². The molecular weight excluding hydrogens is 178 g/mol. The first-order valence-electron chi connectivity index (χ1n) is 3.27. The van der Waals surface area contributed by atoms with Crippen molar-refractivity contribution in [3.05, 3.63) is 18.4 Å². The SMILES string of the molecule is COC(=O)NNC(=O)c1cnco1. The number of nitrogens with zero attached hydrogens (tertiary/aromatic N) is 1. The van der Waals surface area contributed by atoms with Crippen molar-refractivity contribution in [3.8, 4) is 0 Å². The third-order valence-corrected chi connectivity index (χ3v) is 1.12. The van der Waals surface area contributed by atoms with Gasteiger partial charge >= 0.3 is 12.0 Å². The molecule has 0 aliphatic rings. The Balaban J connectivity index is 2.39. The third kappa shape index (κ3) is 2.47. The molecule has 0 aromatic carbocycles. The molecule has 0 spiro atoms. The summed E-state index contributed by atoms with van der Waals surface area (Å²) in [5, 5.41) is 0. The van der Waals surface area contributed by atoms with Crippen LogP contribution in [0.1, 0.15) is 10.6 Å². The van der Waals surface area contributed by atoms with Gasteiger partial charge in [-0.1, -0.05) is 0 Å². The Morgan fingerprint density at radius 3 is 2.85 bits per heavy atom. The lowest BCUT2D eigenvalue weighted by atomic mass is 10.5. The maximum Gasteiger partial charge on any atom is 0.425 e. The Hall–Kier alpha value is -2.05. The van der Waals surface area contributed by atoms with E-state index < -0.39 is 12.0 Å². The molecule has 2 N–H and O–H groups in total. The predicted octanol–water partition coefficient (Wildman–Crippen LogP) is -0.325. The van der Waals surface area contributed by atoms with Gasteiger partial charge in [0.2, 0.25) is 5.76 Å². The van der Waals surface area contributed by atoms with Crippen LogP contribution in [0, 0.1) is 0 Å². The van der Waals surface area contributed by atoms with Gasteiger partial charge in [-0.05, 0) is 0 Å². The topological polar surface area (TPSA) is 93.5 Å². The van der Waals surface area contributed by atoms with Crippen LogP contribution >= 0.6 is 0 Å². The minimum atomic E-state index is -0.770. The molecule has 0 aliphatic carbocycles. The maximum absolute atomic E-state index is 11.0. The summed E-state index contributed by atoms with van der Waals surface area (Å²) in [4.78, 5) is 25.0. The summed E-state index contributed by atoms with van der Waals surface area (Å²) in [6, 6.07) is 0. The zero-order valence-corrected chi connectivity index (χ0v) is 6.73. The Kier molecular flexibility index (Phi) is 2.85. The van der Waals surface area contributed by atoms with Crippen LogP contribution in [0.3, 0.4) is 0 Å². The summed E-state index contributed by atoms with van der Waals surface area (Å²) in [5.74, 6) is -0.612. The van der Waals surface area contributed by atoms with E-state index in [4.69, 9.17) is 0 Å². The number of hydrazine groups is 1. The van der Waals surface area contributed by atoms with Crippen LogP contribution in [0.2, 0.25) is 0 Å². The van der Waals surface area contributed by atoms with Gasteiger partial charge in [-0.15, -0.1) is 0 Å². The molecule has 1 rings (SSSR count). The highest BCUT2D eigenvalue weighted by Gasteiger charge is 2.09. The molecule has 0 bridgehead atoms. The number of carbonyl (C=O) groups is 2. The summed E-state index contributed by atoms with van der Waals surface area (Å²) in [6.07, 6.45) is 1.55. The monoisotopic (exact) mass is 185 g/mol. The number of carbonyl (C=O) groups excluding carboxylic acids is 2. The number of aromatic nitrogens is 1. The van der Waals surface area contributed by atoms with E-state index in [9.17, 15) is 9.59 Å². The van der Waals surface area contributed by atoms with E-state index in [2.05, 4.69) is 14.1 Å². The predicted molar refractivity (Wildman–Crippen MR) is 39.5 cm³/mol. The molecule has 2 amide bonds. The molecule has 7 nitrogen and oxygen atoms in total. The van der Waals surface area contributed by atoms with Crippen molar-refractivity contribution < 1.29 is 18.7 Å². The molecule has 1 aromatic heterocycles. The standard InChI is InChI=1S/C6H7N3O4/c1-12-6(11)9-8-5(10)4-2-7-3-13-4/h2-3H,1H3,(H,8,10)(H,9,11). The maximum atomic E-state index is 11.0. The van der Waals surface area contributed by atoms with Crippen LogP contribution in [-0.4, -0.2) is 24.1 Å². The highest BCUT2D eigenvalue weighted by Crippen LogP contribution is 1.94. The first-order chi connectivity index (χ1) is 6.24. The summed E-state index contributed by atoms with van der Waals surface area (Å²) in [5.41, 5.74) is 4.01. The summed E-state index contributed by atoms with van der Waals surface area (Å²) >= 11 is 0. The first kappa shape index (κ1) is 9.04. The smallest absolute Gasteiger partial charge is 0.425 e. The molecule has 1 aromatic rings. The van der Waals surface area contributed by atoms with Gasteiger partial charge < -0.3 is 9.15 Å². The Labute approximate surface area is 73.0 Å². The van der Waals surface area contributed by atoms with Crippen LogP contribution in [0.25, 0.3) is 0 Å². The van der Waals surface area contributed by atoms with E-state index >= 15 is 0 Å². The Bertz CT molecular complexity index is 295. The average molecular weight is 185 g/mol. The summed E-state index contributed by atoms with van der Waals surface area (Å²) in [7, 11) is 1.18. The zero-order chi connectivity index (χ0) is 9.68. The fourth-order valence-corrected chi connectivity index (χ4v) is 0.548. The van der Waals surface area contributed by atoms with E-state index in [0.717, 1.165) is 6.39 Å². The number of ether oxygens (including phenoxy) is 1. The normalized spacial score (nSPS) is 9.00. The minimum absolute atomic E-state index is 0.00333. The van der Waals surface area contributed by atoms with Crippen molar-refractivity contribution in [1.82, 2.24) is 15.8 Å². The van der Waals surface area contributed by atoms with Crippen molar-refractivity contribution in [1.29, 1.82) is 0 Å². The fraction of sp³-hybridized carbons (Fsp3) is 0.167. The van der Waals surface area contributed by atoms with Crippen molar-refractivity contribution in [2.75, 3.05) is 7.11 Å². The van der Waals surface area contributed by atoms with Crippen LogP contribution in [-0.2, 0) is 4.74 Å². The summed E-state index contributed by atoms with van der Waals surface area (Å²) in [6.45, 7) is 0. The molecule has 7 heteroatoms. The van der Waals surface area contributed by atoms with E-state index in [1.165, 1.54) is 13.3 Å². The molecule has 0 aliphatic heterocycles. The first-order valence-corrected chi connectivity index (χ1v) is 3.27. The molecule has 70 valence electrons. The largest absolute Gasteiger partial charge is 0.452 e. The van der Waals surface area contributed by atoms with Gasteiger partial charge in [-0.3, -0.25) is 10.2 Å². The highest BCUT2D eigenvalue weighted by atomic mass is 16.5. The van der Waals surface area contributed by atoms with Gasteiger partial charge in [0.1, 0.15) is 0 Å². The van der Waals surface area contributed by atoms with Crippen LogP contribution in [0.15, 0.2) is 17.0 Å². The molecule has 0 atom stereocenters. The van der Waals surface area contributed by atoms with Crippen LogP contribution in [0.4, 0.5) is 4.79 Å². The molecule has 13 heavy (non-hydrogen) atoms. The van der Waals surface area contributed by atoms with Gasteiger partial charge in [0, 0.05) is 0 Å². The van der Waals surface area contributed by atoms with E-state index in [-0.39, 0.29) is 5.76 Å². The average Bonchev–Trinajstić information content (AvgIpc) is 2.66. The lowest BCUT2D eigenvalue weighted by Crippen LogP contribution is -2.41. The number of oxazole rings is 1. The van der Waals surface area contributed by atoms with Gasteiger partial charge in [0.05, 0.1) is 13.3 Å². The van der Waals surface area contributed by atoms with E-state index in [1.807, 2.05) is 10.9 Å². The lowest BCUT2D eigenvalue weighted by molar-refractivity contribution is 0.0893. The van der Waals surface area contributed by atoms with Crippen LogP contribution < -0.4 is 10.9 Å². The summed E-state index contributed by atoms with van der Waals surface area (Å²) < 4.78 is 8.85. The van der Waals surface area contributed by atoms with Crippen molar-refractivity contribution in [3.63, 3.8) is 0 Å². The Morgan fingerprint density at radius 1 is 1.54 bits per heavy atom. The molecule has 1 heterocycles. The van der Waals surface area contributed by atoms with Gasteiger partial charge in [-0.2, -0.15) is 0 Å². The number of methoxy groups -OCH3 is 1. The molecule has 0 saturated heterocycles. The second-order valence-electron chi connectivity index (χ2n) is 1.94. The quantitative estimate of drug-likeness (QED) is 0.584.